The molecule has 1 saturated heterocycles. The zero-order valence-electron chi connectivity index (χ0n) is 14.9. The van der Waals surface area contributed by atoms with Crippen molar-refractivity contribution in [2.45, 2.75) is 6.54 Å². The molecule has 1 heterocycles. The average molecular weight is 370 g/mol. The molecule has 27 heavy (non-hydrogen) atoms. The standard InChI is InChI=1S/C20H22N2O5/c23-19(22-8-10-26-11-9-22)14-27-18-7-2-1-6-17(18)21-13-15-4-3-5-16(12-15)20(24)25/h1-7,12,21H,8-11,13-14H2,(H,24,25). The zero-order chi connectivity index (χ0) is 19.1. The molecule has 0 aliphatic carbocycles. The molecule has 7 heteroatoms. The first-order valence-electron chi connectivity index (χ1n) is 8.77. The second-order valence-electron chi connectivity index (χ2n) is 6.14. The Kier molecular flexibility index (Phi) is 6.27. The van der Waals surface area contributed by atoms with Crippen LogP contribution in [0, 0.1) is 0 Å². The minimum absolute atomic E-state index is 0.0345. The maximum Gasteiger partial charge on any atom is 0.335 e. The highest BCUT2D eigenvalue weighted by Crippen LogP contribution is 2.24. The summed E-state index contributed by atoms with van der Waals surface area (Å²) in [6, 6.07) is 14.1. The lowest BCUT2D eigenvalue weighted by Crippen LogP contribution is -2.43. The van der Waals surface area contributed by atoms with Crippen LogP contribution in [-0.4, -0.2) is 54.8 Å². The topological polar surface area (TPSA) is 88.1 Å². The number of para-hydroxylation sites is 2. The number of ether oxygens (including phenoxy) is 2. The number of morpholine rings is 1. The lowest BCUT2D eigenvalue weighted by molar-refractivity contribution is -0.137. The van der Waals surface area contributed by atoms with E-state index >= 15 is 0 Å². The molecule has 2 aromatic rings. The molecule has 1 aliphatic heterocycles. The molecular formula is C20H22N2O5. The third-order valence-electron chi connectivity index (χ3n) is 4.26. The number of nitrogens with zero attached hydrogens (tertiary/aromatic N) is 1. The third-order valence-corrected chi connectivity index (χ3v) is 4.26. The normalized spacial score (nSPS) is 13.9. The van der Waals surface area contributed by atoms with Crippen LogP contribution in [0.15, 0.2) is 48.5 Å². The van der Waals surface area contributed by atoms with Gasteiger partial charge < -0.3 is 24.8 Å². The lowest BCUT2D eigenvalue weighted by Gasteiger charge is -2.26. The van der Waals surface area contributed by atoms with E-state index in [1.807, 2.05) is 24.3 Å². The maximum atomic E-state index is 12.2. The van der Waals surface area contributed by atoms with Gasteiger partial charge in [-0.05, 0) is 29.8 Å². The van der Waals surface area contributed by atoms with E-state index in [9.17, 15) is 9.59 Å². The van der Waals surface area contributed by atoms with Gasteiger partial charge in [-0.3, -0.25) is 4.79 Å². The van der Waals surface area contributed by atoms with E-state index in [4.69, 9.17) is 14.6 Å². The summed E-state index contributed by atoms with van der Waals surface area (Å²) in [6.45, 7) is 2.69. The predicted octanol–water partition coefficient (Wildman–Crippen LogP) is 2.23. The Morgan fingerprint density at radius 3 is 2.67 bits per heavy atom. The van der Waals surface area contributed by atoms with Gasteiger partial charge in [0, 0.05) is 19.6 Å². The summed E-state index contributed by atoms with van der Waals surface area (Å²) >= 11 is 0. The number of carboxylic acid groups (broad SMARTS) is 1. The van der Waals surface area contributed by atoms with Gasteiger partial charge in [0.1, 0.15) is 5.75 Å². The van der Waals surface area contributed by atoms with Crippen molar-refractivity contribution >= 4 is 17.6 Å². The molecule has 0 spiro atoms. The third kappa shape index (κ3) is 5.21. The van der Waals surface area contributed by atoms with Crippen molar-refractivity contribution in [1.29, 1.82) is 0 Å². The number of carbonyl (C=O) groups is 2. The Bertz CT molecular complexity index is 802. The Morgan fingerprint density at radius 2 is 1.89 bits per heavy atom. The monoisotopic (exact) mass is 370 g/mol. The molecule has 0 radical (unpaired) electrons. The number of carbonyl (C=O) groups excluding carboxylic acids is 1. The SMILES string of the molecule is O=C(O)c1cccc(CNc2ccccc2OCC(=O)N2CCOCC2)c1. The van der Waals surface area contributed by atoms with Crippen LogP contribution in [-0.2, 0) is 16.1 Å². The molecule has 142 valence electrons. The first kappa shape index (κ1) is 18.7. The van der Waals surface area contributed by atoms with Gasteiger partial charge in [-0.2, -0.15) is 0 Å². The fourth-order valence-electron chi connectivity index (χ4n) is 2.79. The van der Waals surface area contributed by atoms with Gasteiger partial charge >= 0.3 is 5.97 Å². The molecule has 1 aliphatic rings. The van der Waals surface area contributed by atoms with Crippen molar-refractivity contribution in [2.24, 2.45) is 0 Å². The number of hydrogen-bond acceptors (Lipinski definition) is 5. The van der Waals surface area contributed by atoms with E-state index in [0.29, 0.717) is 38.6 Å². The molecule has 0 aromatic heterocycles. The van der Waals surface area contributed by atoms with Gasteiger partial charge in [0.05, 0.1) is 24.5 Å². The van der Waals surface area contributed by atoms with E-state index in [1.54, 1.807) is 29.2 Å². The van der Waals surface area contributed by atoms with Crippen molar-refractivity contribution in [3.63, 3.8) is 0 Å². The smallest absolute Gasteiger partial charge is 0.335 e. The van der Waals surface area contributed by atoms with Crippen LogP contribution in [0.2, 0.25) is 0 Å². The quantitative estimate of drug-likeness (QED) is 0.777. The molecule has 2 N–H and O–H groups in total. The second kappa shape index (κ2) is 9.05. The summed E-state index contributed by atoms with van der Waals surface area (Å²) < 4.78 is 11.0. The highest BCUT2D eigenvalue weighted by Gasteiger charge is 2.17. The van der Waals surface area contributed by atoms with E-state index in [2.05, 4.69) is 5.32 Å². The molecular weight excluding hydrogens is 348 g/mol. The Morgan fingerprint density at radius 1 is 1.11 bits per heavy atom. The molecule has 0 unspecified atom stereocenters. The molecule has 1 amide bonds. The Hall–Kier alpha value is -3.06. The summed E-state index contributed by atoms with van der Waals surface area (Å²) in [5.74, 6) is -0.446. The van der Waals surface area contributed by atoms with Crippen molar-refractivity contribution in [3.05, 3.63) is 59.7 Å². The first-order valence-corrected chi connectivity index (χ1v) is 8.77. The largest absolute Gasteiger partial charge is 0.482 e. The number of carboxylic acids is 1. The summed E-state index contributed by atoms with van der Waals surface area (Å²) in [4.78, 5) is 25.0. The van der Waals surface area contributed by atoms with Crippen LogP contribution in [0.4, 0.5) is 5.69 Å². The molecule has 7 nitrogen and oxygen atoms in total. The molecule has 0 bridgehead atoms. The van der Waals surface area contributed by atoms with Crippen molar-refractivity contribution in [3.8, 4) is 5.75 Å². The summed E-state index contributed by atoms with van der Waals surface area (Å²) in [5, 5.41) is 12.3. The van der Waals surface area contributed by atoms with Gasteiger partial charge in [-0.25, -0.2) is 4.79 Å². The van der Waals surface area contributed by atoms with E-state index in [1.165, 1.54) is 0 Å². The number of amides is 1. The Labute approximate surface area is 157 Å². The van der Waals surface area contributed by atoms with Gasteiger partial charge in [0.2, 0.25) is 0 Å². The van der Waals surface area contributed by atoms with Gasteiger partial charge in [0.15, 0.2) is 6.61 Å². The number of hydrogen-bond donors (Lipinski definition) is 2. The zero-order valence-corrected chi connectivity index (χ0v) is 14.9. The molecule has 0 saturated carbocycles. The highest BCUT2D eigenvalue weighted by atomic mass is 16.5. The van der Waals surface area contributed by atoms with Crippen LogP contribution >= 0.6 is 0 Å². The van der Waals surface area contributed by atoms with Gasteiger partial charge in [-0.15, -0.1) is 0 Å². The van der Waals surface area contributed by atoms with Crippen LogP contribution in [0.25, 0.3) is 0 Å². The predicted molar refractivity (Wildman–Crippen MR) is 100 cm³/mol. The summed E-state index contributed by atoms with van der Waals surface area (Å²) in [7, 11) is 0. The number of anilines is 1. The summed E-state index contributed by atoms with van der Waals surface area (Å²) in [5.41, 5.74) is 1.83. The number of rotatable bonds is 7. The molecule has 0 atom stereocenters. The molecule has 1 fully saturated rings. The minimum Gasteiger partial charge on any atom is -0.482 e. The molecule has 2 aromatic carbocycles. The van der Waals surface area contributed by atoms with E-state index < -0.39 is 5.97 Å². The van der Waals surface area contributed by atoms with E-state index in [-0.39, 0.29) is 18.1 Å². The van der Waals surface area contributed by atoms with Crippen LogP contribution < -0.4 is 10.1 Å². The second-order valence-corrected chi connectivity index (χ2v) is 6.14. The van der Waals surface area contributed by atoms with Gasteiger partial charge in [0.25, 0.3) is 5.91 Å². The summed E-state index contributed by atoms with van der Waals surface area (Å²) in [6.07, 6.45) is 0. The lowest BCUT2D eigenvalue weighted by atomic mass is 10.1. The average Bonchev–Trinajstić information content (AvgIpc) is 2.72. The van der Waals surface area contributed by atoms with E-state index in [0.717, 1.165) is 11.3 Å². The number of nitrogens with one attached hydrogen (secondary N) is 1. The fourth-order valence-corrected chi connectivity index (χ4v) is 2.79. The van der Waals surface area contributed by atoms with Gasteiger partial charge in [-0.1, -0.05) is 24.3 Å². The van der Waals surface area contributed by atoms with Crippen LogP contribution in [0.3, 0.4) is 0 Å². The fraction of sp³-hybridized carbons (Fsp3) is 0.300. The highest BCUT2D eigenvalue weighted by molar-refractivity contribution is 5.87. The number of aromatic carboxylic acids is 1. The number of benzene rings is 2. The first-order chi connectivity index (χ1) is 13.1. The van der Waals surface area contributed by atoms with Crippen LogP contribution in [0.1, 0.15) is 15.9 Å². The minimum atomic E-state index is -0.956. The molecule has 3 rings (SSSR count). The maximum absolute atomic E-state index is 12.2. The van der Waals surface area contributed by atoms with Crippen molar-refractivity contribution in [1.82, 2.24) is 4.90 Å². The van der Waals surface area contributed by atoms with Crippen molar-refractivity contribution in [2.75, 3.05) is 38.2 Å². The van der Waals surface area contributed by atoms with Crippen LogP contribution in [0.5, 0.6) is 5.75 Å². The Balaban J connectivity index is 1.59. The van der Waals surface area contributed by atoms with Crippen molar-refractivity contribution < 1.29 is 24.2 Å².